The average Bonchev–Trinajstić information content (AvgIpc) is 2.33. The molecule has 0 fully saturated rings. The molecule has 0 aliphatic carbocycles. The molecule has 0 saturated heterocycles. The van der Waals surface area contributed by atoms with E-state index in [9.17, 15) is 4.79 Å². The first kappa shape index (κ1) is 27.2. The van der Waals surface area contributed by atoms with Crippen LogP contribution >= 0.6 is 0 Å². The molecule has 0 atom stereocenters. The van der Waals surface area contributed by atoms with Gasteiger partial charge in [0.15, 0.2) is 0 Å². The average molecular weight is 350 g/mol. The number of carbonyl (C=O) groups is 1. The molecule has 0 spiro atoms. The number of carboxylic acid groups (broad SMARTS) is 1. The topological polar surface area (TPSA) is 112 Å². The summed E-state index contributed by atoms with van der Waals surface area (Å²) in [6.07, 6.45) is 14.4. The Kier molecular flexibility index (Phi) is 24.0. The Morgan fingerprint density at radius 1 is 0.818 bits per heavy atom. The van der Waals surface area contributed by atoms with Crippen LogP contribution in [0.5, 0.6) is 0 Å². The second kappa shape index (κ2) is 19.4. The first-order valence-electron chi connectivity index (χ1n) is 7.69. The fraction of sp³-hybridized carbons (Fsp3) is 0.929. The van der Waals surface area contributed by atoms with Crippen molar-refractivity contribution >= 4 is 16.4 Å². The monoisotopic (exact) mass is 350 g/mol. The van der Waals surface area contributed by atoms with Crippen molar-refractivity contribution in [3.8, 4) is 0 Å². The minimum atomic E-state index is -4.67. The minimum absolute atomic E-state index is 0. The van der Waals surface area contributed by atoms with Crippen molar-refractivity contribution in [3.05, 3.63) is 0 Å². The molecule has 130 valence electrons. The van der Waals surface area contributed by atoms with E-state index in [1.165, 1.54) is 57.8 Å². The Labute approximate surface area is 158 Å². The Bertz CT molecular complexity index is 330. The summed E-state index contributed by atoms with van der Waals surface area (Å²) >= 11 is 0. The van der Waals surface area contributed by atoms with Crippen LogP contribution in [0.2, 0.25) is 0 Å². The van der Waals surface area contributed by atoms with E-state index in [-0.39, 0.29) is 31.0 Å². The molecule has 0 unspecified atom stereocenters. The molecule has 0 amide bonds. The first-order valence-corrected chi connectivity index (χ1v) is 9.08. The fourth-order valence-electron chi connectivity index (χ4n) is 1.94. The predicted octanol–water partition coefficient (Wildman–Crippen LogP) is 1.24. The van der Waals surface area contributed by atoms with E-state index in [1.807, 2.05) is 0 Å². The second-order valence-electron chi connectivity index (χ2n) is 5.13. The zero-order valence-corrected chi connectivity index (χ0v) is 16.8. The molecule has 0 bridgehead atoms. The summed E-state index contributed by atoms with van der Waals surface area (Å²) in [7, 11) is -4.67. The molecule has 0 heterocycles. The van der Waals surface area contributed by atoms with Gasteiger partial charge in [0, 0.05) is 6.42 Å². The van der Waals surface area contributed by atoms with Crippen molar-refractivity contribution in [2.45, 2.75) is 84.0 Å². The summed E-state index contributed by atoms with van der Waals surface area (Å²) in [6.45, 7) is 2.25. The number of aliphatic carboxylic acids is 1. The van der Waals surface area contributed by atoms with Crippen LogP contribution in [0.1, 0.15) is 85.4 Å². The van der Waals surface area contributed by atoms with Gasteiger partial charge in [0.1, 0.15) is 0 Å². The summed E-state index contributed by atoms with van der Waals surface area (Å²) in [6, 6.07) is 0. The van der Waals surface area contributed by atoms with E-state index in [1.54, 1.807) is 0 Å². The van der Waals surface area contributed by atoms with E-state index in [0.717, 1.165) is 12.8 Å². The maximum atomic E-state index is 10.3. The molecule has 0 aromatic rings. The second-order valence-corrected chi connectivity index (χ2v) is 6.02. The third-order valence-corrected chi connectivity index (χ3v) is 2.99. The standard InChI is InChI=1S/C14H28O2.Na.H2O4S.H/c1-2-3-4-5-6-7-8-9-10-11-12-13-14(15)16;;1-5(2,3)4;/h2-13H2,1H3,(H,15,16);;(H2,1,2,3,4);/q;+1;;-1. The summed E-state index contributed by atoms with van der Waals surface area (Å²) < 4.78 is 31.6. The van der Waals surface area contributed by atoms with E-state index in [0.29, 0.717) is 6.42 Å². The normalized spacial score (nSPS) is 10.3. The van der Waals surface area contributed by atoms with Crippen molar-refractivity contribution in [2.75, 3.05) is 0 Å². The Morgan fingerprint density at radius 3 is 1.36 bits per heavy atom. The van der Waals surface area contributed by atoms with Gasteiger partial charge in [0.25, 0.3) is 0 Å². The molecule has 0 radical (unpaired) electrons. The molecule has 0 saturated carbocycles. The molecule has 8 heteroatoms. The van der Waals surface area contributed by atoms with Gasteiger partial charge in [-0.05, 0) is 6.42 Å². The van der Waals surface area contributed by atoms with Gasteiger partial charge >= 0.3 is 45.9 Å². The maximum absolute atomic E-state index is 10.3. The van der Waals surface area contributed by atoms with Gasteiger partial charge in [-0.25, -0.2) is 0 Å². The SMILES string of the molecule is CCCCCCCCCCCCCC(=O)O.O=S(=O)(O)O.[H-].[Na+]. The van der Waals surface area contributed by atoms with Crippen LogP contribution in [0.25, 0.3) is 0 Å². The minimum Gasteiger partial charge on any atom is -1.00 e. The number of rotatable bonds is 12. The van der Waals surface area contributed by atoms with Crippen LogP contribution in [0.15, 0.2) is 0 Å². The maximum Gasteiger partial charge on any atom is 1.00 e. The van der Waals surface area contributed by atoms with Crippen molar-refractivity contribution < 1.29 is 58.4 Å². The molecule has 0 aliphatic heterocycles. The van der Waals surface area contributed by atoms with E-state index < -0.39 is 16.4 Å². The number of carboxylic acids is 1. The fourth-order valence-corrected chi connectivity index (χ4v) is 1.94. The summed E-state index contributed by atoms with van der Waals surface area (Å²) in [5.74, 6) is -0.657. The van der Waals surface area contributed by atoms with Crippen molar-refractivity contribution in [2.24, 2.45) is 0 Å². The van der Waals surface area contributed by atoms with Gasteiger partial charge in [0.05, 0.1) is 0 Å². The molecule has 22 heavy (non-hydrogen) atoms. The zero-order chi connectivity index (χ0) is 16.6. The quantitative estimate of drug-likeness (QED) is 0.277. The largest absolute Gasteiger partial charge is 1.00 e. The molecule has 0 aliphatic rings. The number of hydrogen-bond acceptors (Lipinski definition) is 3. The molecule has 6 nitrogen and oxygen atoms in total. The van der Waals surface area contributed by atoms with Crippen molar-refractivity contribution in [1.82, 2.24) is 0 Å². The van der Waals surface area contributed by atoms with Crippen LogP contribution < -0.4 is 29.6 Å². The number of unbranched alkanes of at least 4 members (excludes halogenated alkanes) is 10. The van der Waals surface area contributed by atoms with Gasteiger partial charge in [0.2, 0.25) is 0 Å². The van der Waals surface area contributed by atoms with Gasteiger partial charge in [-0.1, -0.05) is 71.1 Å². The first-order chi connectivity index (χ1) is 9.77. The Hall–Kier alpha value is 0.340. The van der Waals surface area contributed by atoms with Crippen LogP contribution in [-0.4, -0.2) is 28.6 Å². The summed E-state index contributed by atoms with van der Waals surface area (Å²) in [5.41, 5.74) is 0. The van der Waals surface area contributed by atoms with Crippen LogP contribution in [0.3, 0.4) is 0 Å². The molecular weight excluding hydrogens is 319 g/mol. The van der Waals surface area contributed by atoms with Gasteiger partial charge in [-0.15, -0.1) is 0 Å². The van der Waals surface area contributed by atoms with E-state index in [2.05, 4.69) is 6.92 Å². The molecule has 0 rings (SSSR count). The third kappa shape index (κ3) is 42.8. The van der Waals surface area contributed by atoms with Gasteiger partial charge in [-0.3, -0.25) is 13.9 Å². The Balaban J connectivity index is -0.000000225. The van der Waals surface area contributed by atoms with Crippen molar-refractivity contribution in [3.63, 3.8) is 0 Å². The molecule has 3 N–H and O–H groups in total. The number of hydrogen-bond donors (Lipinski definition) is 3. The summed E-state index contributed by atoms with van der Waals surface area (Å²) in [4.78, 5) is 10.3. The van der Waals surface area contributed by atoms with Crippen LogP contribution in [-0.2, 0) is 15.2 Å². The molecular formula is C14H31NaO6S. The van der Waals surface area contributed by atoms with Crippen LogP contribution in [0, 0.1) is 0 Å². The van der Waals surface area contributed by atoms with Gasteiger partial charge in [-0.2, -0.15) is 8.42 Å². The Morgan fingerprint density at radius 2 is 1.09 bits per heavy atom. The molecule has 0 aromatic carbocycles. The third-order valence-electron chi connectivity index (χ3n) is 2.99. The predicted molar refractivity (Wildman–Crippen MR) is 84.0 cm³/mol. The summed E-state index contributed by atoms with van der Waals surface area (Å²) in [5, 5.41) is 8.46. The van der Waals surface area contributed by atoms with Gasteiger partial charge < -0.3 is 6.53 Å². The van der Waals surface area contributed by atoms with Crippen molar-refractivity contribution in [1.29, 1.82) is 0 Å². The van der Waals surface area contributed by atoms with Crippen LogP contribution in [0.4, 0.5) is 0 Å². The smallest absolute Gasteiger partial charge is 1.00 e. The van der Waals surface area contributed by atoms with E-state index in [4.69, 9.17) is 22.6 Å². The molecule has 0 aromatic heterocycles. The van der Waals surface area contributed by atoms with E-state index >= 15 is 0 Å². The zero-order valence-electron chi connectivity index (χ0n) is 15.0.